The first kappa shape index (κ1) is 22.3. The van der Waals surface area contributed by atoms with Crippen molar-refractivity contribution in [1.82, 2.24) is 10.2 Å². The summed E-state index contributed by atoms with van der Waals surface area (Å²) >= 11 is 3.48. The summed E-state index contributed by atoms with van der Waals surface area (Å²) in [5.74, 6) is -0.940. The van der Waals surface area contributed by atoms with E-state index in [9.17, 15) is 14.7 Å². The summed E-state index contributed by atoms with van der Waals surface area (Å²) in [6.07, 6.45) is 0. The molecule has 1 heterocycles. The van der Waals surface area contributed by atoms with E-state index >= 15 is 0 Å². The first-order valence-electron chi connectivity index (χ1n) is 9.67. The molecule has 2 atom stereocenters. The zero-order valence-electron chi connectivity index (χ0n) is 16.9. The number of carbonyl (C=O) groups is 2. The topological polar surface area (TPSA) is 88.1 Å². The first-order valence-corrected chi connectivity index (χ1v) is 10.5. The maximum atomic E-state index is 13.0. The number of phenolic OH excluding ortho intramolecular Hbond substituents is 1. The Hall–Kier alpha value is -2.42. The monoisotopic (exact) mass is 476 g/mol. The molecule has 0 radical (unpaired) electrons. The number of halogens is 1. The molecule has 2 aromatic carbocycles. The molecule has 0 spiro atoms. The molecule has 1 fully saturated rings. The third kappa shape index (κ3) is 5.38. The van der Waals surface area contributed by atoms with Crippen LogP contribution in [0.4, 0.5) is 0 Å². The lowest BCUT2D eigenvalue weighted by Gasteiger charge is -2.35. The van der Waals surface area contributed by atoms with Gasteiger partial charge in [0.1, 0.15) is 17.4 Å². The highest BCUT2D eigenvalue weighted by Gasteiger charge is 2.30. The molecule has 0 bridgehead atoms. The number of hydrogen-bond donors (Lipinski definition) is 2. The molecule has 1 aliphatic rings. The van der Waals surface area contributed by atoms with Gasteiger partial charge in [-0.2, -0.15) is 0 Å². The second kappa shape index (κ2) is 10.1. The molecule has 1 saturated heterocycles. The fraction of sp³-hybridized carbons (Fsp3) is 0.364. The van der Waals surface area contributed by atoms with Crippen LogP contribution in [0.2, 0.25) is 0 Å². The van der Waals surface area contributed by atoms with Gasteiger partial charge < -0.3 is 19.9 Å². The van der Waals surface area contributed by atoms with Crippen molar-refractivity contribution in [2.24, 2.45) is 0 Å². The number of morpholine rings is 1. The largest absolute Gasteiger partial charge is 0.507 e. The number of aromatic hydroxyl groups is 1. The minimum Gasteiger partial charge on any atom is -0.507 e. The molecular formula is C22H25BrN2O5. The summed E-state index contributed by atoms with van der Waals surface area (Å²) in [5, 5.41) is 13.1. The lowest BCUT2D eigenvalue weighted by atomic mass is 10.0. The summed E-state index contributed by atoms with van der Waals surface area (Å²) in [6.45, 7) is 4.03. The lowest BCUT2D eigenvalue weighted by Crippen LogP contribution is -2.53. The number of phenols is 1. The molecule has 3 rings (SSSR count). The Morgan fingerprint density at radius 1 is 1.33 bits per heavy atom. The second-order valence-corrected chi connectivity index (χ2v) is 8.11. The average molecular weight is 477 g/mol. The van der Waals surface area contributed by atoms with Crippen LogP contribution in [0.15, 0.2) is 46.9 Å². The van der Waals surface area contributed by atoms with Crippen LogP contribution in [0.3, 0.4) is 0 Å². The van der Waals surface area contributed by atoms with Gasteiger partial charge in [-0.25, -0.2) is 4.79 Å². The third-order valence-corrected chi connectivity index (χ3v) is 5.60. The number of nitrogens with one attached hydrogen (secondary N) is 1. The molecule has 0 unspecified atom stereocenters. The fourth-order valence-electron chi connectivity index (χ4n) is 3.43. The SMILES string of the molecule is COC(=O)c1ccc([C@H](C)NC(=O)[C@H]2COCCN2Cc2cccc(Br)c2)cc1O. The van der Waals surface area contributed by atoms with Gasteiger partial charge in [-0.1, -0.05) is 34.1 Å². The Kier molecular flexibility index (Phi) is 7.47. The minimum atomic E-state index is -0.613. The van der Waals surface area contributed by atoms with E-state index in [1.807, 2.05) is 31.2 Å². The van der Waals surface area contributed by atoms with Crippen molar-refractivity contribution in [3.05, 3.63) is 63.6 Å². The molecular weight excluding hydrogens is 452 g/mol. The fourth-order valence-corrected chi connectivity index (χ4v) is 3.88. The van der Waals surface area contributed by atoms with E-state index in [0.29, 0.717) is 31.9 Å². The number of benzene rings is 2. The second-order valence-electron chi connectivity index (χ2n) is 7.19. The van der Waals surface area contributed by atoms with Gasteiger partial charge in [0.25, 0.3) is 0 Å². The Balaban J connectivity index is 1.68. The highest BCUT2D eigenvalue weighted by Crippen LogP contribution is 2.24. The van der Waals surface area contributed by atoms with Crippen molar-refractivity contribution in [1.29, 1.82) is 0 Å². The van der Waals surface area contributed by atoms with E-state index in [1.165, 1.54) is 19.2 Å². The molecule has 0 aliphatic carbocycles. The van der Waals surface area contributed by atoms with Crippen LogP contribution >= 0.6 is 15.9 Å². The van der Waals surface area contributed by atoms with E-state index in [4.69, 9.17) is 4.74 Å². The lowest BCUT2D eigenvalue weighted by molar-refractivity contribution is -0.133. The van der Waals surface area contributed by atoms with Gasteiger partial charge in [0.15, 0.2) is 0 Å². The summed E-state index contributed by atoms with van der Waals surface area (Å²) in [5.41, 5.74) is 1.88. The van der Waals surface area contributed by atoms with Crippen LogP contribution in [0.1, 0.15) is 34.5 Å². The van der Waals surface area contributed by atoms with Crippen LogP contribution in [-0.2, 0) is 20.8 Å². The normalized spacial score (nSPS) is 17.9. The summed E-state index contributed by atoms with van der Waals surface area (Å²) in [6, 6.07) is 11.9. The number of rotatable bonds is 6. The summed E-state index contributed by atoms with van der Waals surface area (Å²) in [7, 11) is 1.25. The van der Waals surface area contributed by atoms with Gasteiger partial charge in [0, 0.05) is 17.6 Å². The van der Waals surface area contributed by atoms with Crippen molar-refractivity contribution in [2.75, 3.05) is 26.9 Å². The van der Waals surface area contributed by atoms with Gasteiger partial charge in [-0.3, -0.25) is 9.69 Å². The number of amides is 1. The van der Waals surface area contributed by atoms with Crippen LogP contribution in [0, 0.1) is 0 Å². The van der Waals surface area contributed by atoms with Gasteiger partial charge in [0.05, 0.1) is 26.4 Å². The highest BCUT2D eigenvalue weighted by molar-refractivity contribution is 9.10. The van der Waals surface area contributed by atoms with Crippen LogP contribution < -0.4 is 5.32 Å². The standard InChI is InChI=1S/C22H25BrN2O5/c1-14(16-6-7-18(20(26)11-16)22(28)29-2)24-21(27)19-13-30-9-8-25(19)12-15-4-3-5-17(23)10-15/h3-7,10-11,14,19,26H,8-9,12-13H2,1-2H3,(H,24,27)/t14-,19+/m0/s1. The van der Waals surface area contributed by atoms with E-state index < -0.39 is 12.0 Å². The zero-order chi connectivity index (χ0) is 21.7. The Bertz CT molecular complexity index is 920. The first-order chi connectivity index (χ1) is 14.4. The van der Waals surface area contributed by atoms with Gasteiger partial charge in [-0.05, 0) is 42.3 Å². The molecule has 2 aromatic rings. The molecule has 160 valence electrons. The number of esters is 1. The molecule has 0 aromatic heterocycles. The van der Waals surface area contributed by atoms with Crippen molar-refractivity contribution in [3.63, 3.8) is 0 Å². The van der Waals surface area contributed by atoms with Gasteiger partial charge >= 0.3 is 5.97 Å². The maximum Gasteiger partial charge on any atom is 0.341 e. The molecule has 30 heavy (non-hydrogen) atoms. The predicted octanol–water partition coefficient (Wildman–Crippen LogP) is 3.02. The molecule has 0 saturated carbocycles. The Labute approximate surface area is 184 Å². The number of methoxy groups -OCH3 is 1. The zero-order valence-corrected chi connectivity index (χ0v) is 18.5. The average Bonchev–Trinajstić information content (AvgIpc) is 2.73. The highest BCUT2D eigenvalue weighted by atomic mass is 79.9. The van der Waals surface area contributed by atoms with E-state index in [1.54, 1.807) is 6.07 Å². The van der Waals surface area contributed by atoms with Crippen LogP contribution in [0.5, 0.6) is 5.75 Å². The predicted molar refractivity (Wildman–Crippen MR) is 115 cm³/mol. The van der Waals surface area contributed by atoms with E-state index in [2.05, 4.69) is 30.9 Å². The number of nitrogens with zero attached hydrogens (tertiary/aromatic N) is 1. The number of ether oxygens (including phenoxy) is 2. The molecule has 1 amide bonds. The smallest absolute Gasteiger partial charge is 0.341 e. The van der Waals surface area contributed by atoms with Crippen molar-refractivity contribution < 1.29 is 24.2 Å². The van der Waals surface area contributed by atoms with Crippen LogP contribution in [-0.4, -0.2) is 54.8 Å². The Morgan fingerprint density at radius 2 is 2.13 bits per heavy atom. The summed E-state index contributed by atoms with van der Waals surface area (Å²) < 4.78 is 11.2. The minimum absolute atomic E-state index is 0.0839. The van der Waals surface area contributed by atoms with E-state index in [0.717, 1.165) is 10.0 Å². The van der Waals surface area contributed by atoms with Gasteiger partial charge in [0.2, 0.25) is 5.91 Å². The Morgan fingerprint density at radius 3 is 2.83 bits per heavy atom. The van der Waals surface area contributed by atoms with Crippen LogP contribution in [0.25, 0.3) is 0 Å². The quantitative estimate of drug-likeness (QED) is 0.623. The van der Waals surface area contributed by atoms with Gasteiger partial charge in [-0.15, -0.1) is 0 Å². The molecule has 8 heteroatoms. The molecule has 2 N–H and O–H groups in total. The van der Waals surface area contributed by atoms with E-state index in [-0.39, 0.29) is 23.3 Å². The maximum absolute atomic E-state index is 13.0. The number of carbonyl (C=O) groups excluding carboxylic acids is 2. The van der Waals surface area contributed by atoms with Crippen molar-refractivity contribution in [3.8, 4) is 5.75 Å². The third-order valence-electron chi connectivity index (χ3n) is 5.10. The molecule has 1 aliphatic heterocycles. The van der Waals surface area contributed by atoms with Crippen molar-refractivity contribution in [2.45, 2.75) is 25.6 Å². The summed E-state index contributed by atoms with van der Waals surface area (Å²) in [4.78, 5) is 26.7. The van der Waals surface area contributed by atoms with Crippen molar-refractivity contribution >= 4 is 27.8 Å². The number of hydrogen-bond acceptors (Lipinski definition) is 6. The molecule has 7 nitrogen and oxygen atoms in total.